The minimum Gasteiger partial charge on any atom is -0.496 e. The van der Waals surface area contributed by atoms with Gasteiger partial charge in [0.1, 0.15) is 5.75 Å². The van der Waals surface area contributed by atoms with E-state index in [0.29, 0.717) is 24.5 Å². The molecule has 1 saturated heterocycles. The van der Waals surface area contributed by atoms with Gasteiger partial charge in [-0.05, 0) is 62.2 Å². The fraction of sp³-hybridized carbons (Fsp3) is 0.269. The Morgan fingerprint density at radius 1 is 0.971 bits per heavy atom. The summed E-state index contributed by atoms with van der Waals surface area (Å²) in [6.45, 7) is 4.24. The first-order chi connectivity index (χ1) is 16.4. The lowest BCUT2D eigenvalue weighted by Crippen LogP contribution is -2.28. The van der Waals surface area contributed by atoms with Crippen molar-refractivity contribution in [3.05, 3.63) is 66.2 Å². The first-order valence-electron chi connectivity index (χ1n) is 11.4. The highest BCUT2D eigenvalue weighted by molar-refractivity contribution is 7.92. The molecule has 0 spiro atoms. The van der Waals surface area contributed by atoms with Crippen LogP contribution in [-0.2, 0) is 16.6 Å². The molecule has 1 aliphatic rings. The monoisotopic (exact) mass is 477 g/mol. The number of likely N-dealkylation sites (tertiary alicyclic amines) is 1. The molecule has 0 bridgehead atoms. The van der Waals surface area contributed by atoms with Gasteiger partial charge in [-0.15, -0.1) is 0 Å². The van der Waals surface area contributed by atoms with Gasteiger partial charge in [0.2, 0.25) is 0 Å². The normalized spacial score (nSPS) is 14.1. The van der Waals surface area contributed by atoms with Crippen LogP contribution in [0.5, 0.6) is 5.75 Å². The molecule has 2 heterocycles. The van der Waals surface area contributed by atoms with Crippen LogP contribution in [-0.4, -0.2) is 44.0 Å². The van der Waals surface area contributed by atoms with Gasteiger partial charge in [-0.2, -0.15) is 0 Å². The molecule has 0 atom stereocenters. The minimum atomic E-state index is -3.92. The maximum absolute atomic E-state index is 13.3. The summed E-state index contributed by atoms with van der Waals surface area (Å²) >= 11 is 0. The zero-order chi connectivity index (χ0) is 23.9. The lowest BCUT2D eigenvalue weighted by atomic mass is 10.1. The van der Waals surface area contributed by atoms with Gasteiger partial charge in [0.15, 0.2) is 0 Å². The number of hydrogen-bond acceptors (Lipinski definition) is 4. The fourth-order valence-corrected chi connectivity index (χ4v) is 5.86. The van der Waals surface area contributed by atoms with Gasteiger partial charge in [0.05, 0.1) is 17.6 Å². The Morgan fingerprint density at radius 2 is 1.71 bits per heavy atom. The molecule has 7 nitrogen and oxygen atoms in total. The fourth-order valence-electron chi connectivity index (χ4n) is 4.78. The van der Waals surface area contributed by atoms with Crippen LogP contribution in [0.25, 0.3) is 21.8 Å². The van der Waals surface area contributed by atoms with Gasteiger partial charge >= 0.3 is 0 Å². The van der Waals surface area contributed by atoms with E-state index in [0.717, 1.165) is 41.2 Å². The standard InChI is InChI=1S/C26H27N3O4S/c1-3-29-23-9-5-4-8-20(23)21-16-18(10-12-24(21)29)27-34(31,32)19-11-13-25(33-2)22(17-19)26(30)28-14-6-7-15-28/h4-5,8-13,16-17,27H,3,6-7,14-15H2,1-2H3. The van der Waals surface area contributed by atoms with Crippen molar-refractivity contribution < 1.29 is 17.9 Å². The number of aryl methyl sites for hydroxylation is 1. The minimum absolute atomic E-state index is 0.0203. The highest BCUT2D eigenvalue weighted by Crippen LogP contribution is 2.32. The Balaban J connectivity index is 1.52. The van der Waals surface area contributed by atoms with Gasteiger partial charge in [0.25, 0.3) is 15.9 Å². The molecule has 1 N–H and O–H groups in total. The summed E-state index contributed by atoms with van der Waals surface area (Å²) in [5.74, 6) is 0.157. The molecule has 1 aliphatic heterocycles. The number of carbonyl (C=O) groups is 1. The van der Waals surface area contributed by atoms with E-state index >= 15 is 0 Å². The van der Waals surface area contributed by atoms with Crippen LogP contribution in [0.1, 0.15) is 30.1 Å². The summed E-state index contributed by atoms with van der Waals surface area (Å²) in [4.78, 5) is 14.7. The molecule has 4 aromatic rings. The molecule has 1 aromatic heterocycles. The van der Waals surface area contributed by atoms with Crippen molar-refractivity contribution in [2.75, 3.05) is 24.9 Å². The van der Waals surface area contributed by atoms with Crippen molar-refractivity contribution in [2.45, 2.75) is 31.2 Å². The van der Waals surface area contributed by atoms with Crippen molar-refractivity contribution in [1.82, 2.24) is 9.47 Å². The SMILES string of the molecule is CCn1c2ccccc2c2cc(NS(=O)(=O)c3ccc(OC)c(C(=O)N4CCCC4)c3)ccc21. The summed E-state index contributed by atoms with van der Waals surface area (Å²) in [5.41, 5.74) is 2.89. The average Bonchev–Trinajstić information content (AvgIpc) is 3.49. The van der Waals surface area contributed by atoms with Crippen LogP contribution >= 0.6 is 0 Å². The van der Waals surface area contributed by atoms with Gasteiger partial charge in [0, 0.05) is 47.1 Å². The second-order valence-electron chi connectivity index (χ2n) is 8.46. The van der Waals surface area contributed by atoms with E-state index < -0.39 is 10.0 Å². The van der Waals surface area contributed by atoms with Crippen molar-refractivity contribution in [3.8, 4) is 5.75 Å². The third-order valence-electron chi connectivity index (χ3n) is 6.45. The molecule has 8 heteroatoms. The van der Waals surface area contributed by atoms with Crippen molar-refractivity contribution in [2.24, 2.45) is 0 Å². The van der Waals surface area contributed by atoms with E-state index in [4.69, 9.17) is 4.74 Å². The smallest absolute Gasteiger partial charge is 0.261 e. The summed E-state index contributed by atoms with van der Waals surface area (Å²) in [6.07, 6.45) is 1.90. The van der Waals surface area contributed by atoms with Crippen LogP contribution < -0.4 is 9.46 Å². The number of nitrogens with zero attached hydrogens (tertiary/aromatic N) is 2. The molecule has 0 radical (unpaired) electrons. The largest absolute Gasteiger partial charge is 0.496 e. The van der Waals surface area contributed by atoms with Crippen molar-refractivity contribution in [1.29, 1.82) is 0 Å². The summed E-state index contributed by atoms with van der Waals surface area (Å²) in [7, 11) is -2.44. The van der Waals surface area contributed by atoms with Gasteiger partial charge in [-0.1, -0.05) is 18.2 Å². The third kappa shape index (κ3) is 3.77. The number of ether oxygens (including phenoxy) is 1. The quantitative estimate of drug-likeness (QED) is 0.430. The number of fused-ring (bicyclic) bond motifs is 3. The van der Waals surface area contributed by atoms with Gasteiger partial charge in [-0.3, -0.25) is 9.52 Å². The van der Waals surface area contributed by atoms with E-state index in [2.05, 4.69) is 22.3 Å². The third-order valence-corrected chi connectivity index (χ3v) is 7.82. The predicted octanol–water partition coefficient (Wildman–Crippen LogP) is 4.86. The molecule has 1 amide bonds. The number of nitrogens with one attached hydrogen (secondary N) is 1. The van der Waals surface area contributed by atoms with E-state index in [-0.39, 0.29) is 16.4 Å². The highest BCUT2D eigenvalue weighted by atomic mass is 32.2. The maximum Gasteiger partial charge on any atom is 0.261 e. The first kappa shape index (κ1) is 22.3. The maximum atomic E-state index is 13.3. The number of hydrogen-bond donors (Lipinski definition) is 1. The number of sulfonamides is 1. The zero-order valence-corrected chi connectivity index (χ0v) is 20.1. The van der Waals surface area contributed by atoms with Crippen LogP contribution in [0, 0.1) is 0 Å². The number of para-hydroxylation sites is 1. The number of amides is 1. The highest BCUT2D eigenvalue weighted by Gasteiger charge is 2.25. The molecule has 0 unspecified atom stereocenters. The summed E-state index contributed by atoms with van der Waals surface area (Å²) in [6, 6.07) is 18.1. The van der Waals surface area contributed by atoms with Crippen LogP contribution in [0.4, 0.5) is 5.69 Å². The van der Waals surface area contributed by atoms with Crippen LogP contribution in [0.2, 0.25) is 0 Å². The number of rotatable bonds is 6. The first-order valence-corrected chi connectivity index (χ1v) is 12.9. The number of methoxy groups -OCH3 is 1. The number of carbonyl (C=O) groups excluding carboxylic acids is 1. The van der Waals surface area contributed by atoms with Crippen molar-refractivity contribution >= 4 is 43.4 Å². The molecule has 176 valence electrons. The molecule has 0 saturated carbocycles. The predicted molar refractivity (Wildman–Crippen MR) is 134 cm³/mol. The molecule has 0 aliphatic carbocycles. The van der Waals surface area contributed by atoms with Gasteiger partial charge in [-0.25, -0.2) is 8.42 Å². The summed E-state index contributed by atoms with van der Waals surface area (Å²) in [5, 5.41) is 2.06. The molecule has 5 rings (SSSR count). The van der Waals surface area contributed by atoms with Crippen LogP contribution in [0.3, 0.4) is 0 Å². The van der Waals surface area contributed by atoms with Gasteiger partial charge < -0.3 is 14.2 Å². The Morgan fingerprint density at radius 3 is 2.44 bits per heavy atom. The molecule has 3 aromatic carbocycles. The lowest BCUT2D eigenvalue weighted by Gasteiger charge is -2.18. The van der Waals surface area contributed by atoms with E-state index in [1.165, 1.54) is 25.3 Å². The van der Waals surface area contributed by atoms with Crippen LogP contribution in [0.15, 0.2) is 65.6 Å². The number of anilines is 1. The summed E-state index contributed by atoms with van der Waals surface area (Å²) < 4.78 is 36.8. The molecule has 1 fully saturated rings. The topological polar surface area (TPSA) is 80.6 Å². The number of aromatic nitrogens is 1. The van der Waals surface area contributed by atoms with E-state index in [1.54, 1.807) is 11.0 Å². The number of benzene rings is 3. The second-order valence-corrected chi connectivity index (χ2v) is 10.1. The molecular formula is C26H27N3O4S. The Kier molecular flexibility index (Phi) is 5.69. The lowest BCUT2D eigenvalue weighted by molar-refractivity contribution is 0.0789. The van der Waals surface area contributed by atoms with E-state index in [9.17, 15) is 13.2 Å². The Labute approximate surface area is 199 Å². The average molecular weight is 478 g/mol. The molecular weight excluding hydrogens is 450 g/mol. The zero-order valence-electron chi connectivity index (χ0n) is 19.2. The second kappa shape index (κ2) is 8.68. The Hall–Kier alpha value is -3.52. The van der Waals surface area contributed by atoms with Crippen molar-refractivity contribution in [3.63, 3.8) is 0 Å². The van der Waals surface area contributed by atoms with E-state index in [1.807, 2.05) is 30.3 Å². The molecule has 34 heavy (non-hydrogen) atoms. The Bertz CT molecular complexity index is 1500.